The summed E-state index contributed by atoms with van der Waals surface area (Å²) in [7, 11) is 3.74. The predicted octanol–water partition coefficient (Wildman–Crippen LogP) is 3.84. The van der Waals surface area contributed by atoms with Crippen molar-refractivity contribution in [2.24, 2.45) is 12.0 Å². The Labute approximate surface area is 168 Å². The predicted molar refractivity (Wildman–Crippen MR) is 111 cm³/mol. The summed E-state index contributed by atoms with van der Waals surface area (Å²) in [5.41, 5.74) is 1.94. The van der Waals surface area contributed by atoms with Crippen LogP contribution in [0, 0.1) is 5.82 Å². The summed E-state index contributed by atoms with van der Waals surface area (Å²) in [5, 5.41) is 6.51. The third-order valence-corrected chi connectivity index (χ3v) is 4.00. The Morgan fingerprint density at radius 2 is 2.08 bits per heavy atom. The summed E-state index contributed by atoms with van der Waals surface area (Å²) >= 11 is 3.27. The van der Waals surface area contributed by atoms with Gasteiger partial charge in [-0.15, -0.1) is 24.0 Å². The van der Waals surface area contributed by atoms with Crippen molar-refractivity contribution in [1.29, 1.82) is 0 Å². The molecule has 7 heteroatoms. The number of guanidine groups is 1. The fourth-order valence-corrected chi connectivity index (χ4v) is 2.62. The maximum atomic E-state index is 13.7. The van der Waals surface area contributed by atoms with Gasteiger partial charge in [0.15, 0.2) is 5.96 Å². The van der Waals surface area contributed by atoms with Crippen LogP contribution in [0.1, 0.15) is 17.5 Å². The summed E-state index contributed by atoms with van der Waals surface area (Å²) < 4.78 is 16.5. The Morgan fingerprint density at radius 3 is 2.71 bits per heavy atom. The van der Waals surface area contributed by atoms with Gasteiger partial charge in [0.1, 0.15) is 5.82 Å². The normalized spacial score (nSPS) is 11.1. The van der Waals surface area contributed by atoms with Gasteiger partial charge in [0.2, 0.25) is 0 Å². The van der Waals surface area contributed by atoms with Gasteiger partial charge in [0.05, 0.1) is 0 Å². The molecule has 2 aromatic rings. The van der Waals surface area contributed by atoms with E-state index in [0.717, 1.165) is 35.5 Å². The summed E-state index contributed by atoms with van der Waals surface area (Å²) in [6.07, 6.45) is 5.61. The molecule has 4 nitrogen and oxygen atoms in total. The third-order valence-electron chi connectivity index (χ3n) is 3.51. The van der Waals surface area contributed by atoms with Crippen LogP contribution in [0.3, 0.4) is 0 Å². The standard InChI is InChI=1S/C17H22BrFN4.HI/c1-20-17(22-11-13-7-9-23(2)12-13)21-8-3-4-14-5-6-15(18)10-16(14)19;/h5-7,9-10,12H,3-4,8,11H2,1-2H3,(H2,20,21,22);1H. The Morgan fingerprint density at radius 1 is 1.29 bits per heavy atom. The number of hydrogen-bond acceptors (Lipinski definition) is 1. The largest absolute Gasteiger partial charge is 0.357 e. The number of rotatable bonds is 6. The van der Waals surface area contributed by atoms with Crippen molar-refractivity contribution < 1.29 is 4.39 Å². The van der Waals surface area contributed by atoms with E-state index in [1.54, 1.807) is 7.05 Å². The van der Waals surface area contributed by atoms with Crippen LogP contribution >= 0.6 is 39.9 Å². The zero-order valence-electron chi connectivity index (χ0n) is 13.9. The minimum absolute atomic E-state index is 0. The molecular weight excluding hydrogens is 486 g/mol. The van der Waals surface area contributed by atoms with Crippen molar-refractivity contribution >= 4 is 45.9 Å². The van der Waals surface area contributed by atoms with Gasteiger partial charge in [0, 0.05) is 44.1 Å². The molecule has 0 aliphatic heterocycles. The second kappa shape index (κ2) is 10.7. The number of nitrogens with one attached hydrogen (secondary N) is 2. The molecule has 24 heavy (non-hydrogen) atoms. The van der Waals surface area contributed by atoms with Crippen LogP contribution in [-0.4, -0.2) is 24.1 Å². The Bertz CT molecular complexity index is 672. The summed E-state index contributed by atoms with van der Waals surface area (Å²) in [4.78, 5) is 4.19. The van der Waals surface area contributed by atoms with Crippen LogP contribution < -0.4 is 10.6 Å². The number of nitrogens with zero attached hydrogens (tertiary/aromatic N) is 2. The zero-order chi connectivity index (χ0) is 16.7. The number of aliphatic imine (C=N–C) groups is 1. The van der Waals surface area contributed by atoms with Crippen molar-refractivity contribution in [3.63, 3.8) is 0 Å². The van der Waals surface area contributed by atoms with E-state index in [0.29, 0.717) is 6.42 Å². The Kier molecular flexibility index (Phi) is 9.35. The van der Waals surface area contributed by atoms with Crippen LogP contribution in [0.4, 0.5) is 4.39 Å². The quantitative estimate of drug-likeness (QED) is 0.269. The monoisotopic (exact) mass is 508 g/mol. The average molecular weight is 509 g/mol. The van der Waals surface area contributed by atoms with E-state index >= 15 is 0 Å². The first kappa shape index (κ1) is 21.0. The van der Waals surface area contributed by atoms with Gasteiger partial charge in [-0.1, -0.05) is 22.0 Å². The van der Waals surface area contributed by atoms with Crippen LogP contribution in [0.15, 0.2) is 46.1 Å². The maximum Gasteiger partial charge on any atom is 0.191 e. The lowest BCUT2D eigenvalue weighted by atomic mass is 10.1. The molecule has 0 amide bonds. The molecule has 0 saturated carbocycles. The van der Waals surface area contributed by atoms with E-state index in [4.69, 9.17) is 0 Å². The minimum atomic E-state index is -0.161. The topological polar surface area (TPSA) is 41.4 Å². The zero-order valence-corrected chi connectivity index (χ0v) is 17.8. The molecule has 0 radical (unpaired) electrons. The maximum absolute atomic E-state index is 13.7. The van der Waals surface area contributed by atoms with Gasteiger partial charge in [-0.25, -0.2) is 4.39 Å². The molecule has 2 N–H and O–H groups in total. The first-order valence-corrected chi connectivity index (χ1v) is 8.37. The number of aromatic nitrogens is 1. The van der Waals surface area contributed by atoms with Crippen molar-refractivity contribution in [3.05, 3.63) is 58.1 Å². The van der Waals surface area contributed by atoms with E-state index in [2.05, 4.69) is 43.8 Å². The smallest absolute Gasteiger partial charge is 0.191 e. The van der Waals surface area contributed by atoms with Crippen LogP contribution in [-0.2, 0) is 20.0 Å². The molecule has 0 aliphatic rings. The first-order valence-electron chi connectivity index (χ1n) is 7.58. The molecule has 0 saturated heterocycles. The average Bonchev–Trinajstić information content (AvgIpc) is 2.94. The van der Waals surface area contributed by atoms with E-state index in [9.17, 15) is 4.39 Å². The first-order chi connectivity index (χ1) is 11.1. The second-order valence-corrected chi connectivity index (χ2v) is 6.29. The lowest BCUT2D eigenvalue weighted by molar-refractivity contribution is 0.602. The Hall–Kier alpha value is -1.09. The molecule has 0 aliphatic carbocycles. The van der Waals surface area contributed by atoms with Crippen LogP contribution in [0.5, 0.6) is 0 Å². The number of halogens is 3. The van der Waals surface area contributed by atoms with E-state index in [1.807, 2.05) is 29.9 Å². The lowest BCUT2D eigenvalue weighted by Gasteiger charge is -2.11. The molecule has 132 valence electrons. The summed E-state index contributed by atoms with van der Waals surface area (Å²) in [5.74, 6) is 0.594. The minimum Gasteiger partial charge on any atom is -0.357 e. The highest BCUT2D eigenvalue weighted by molar-refractivity contribution is 14.0. The number of benzene rings is 1. The van der Waals surface area contributed by atoms with Crippen LogP contribution in [0.2, 0.25) is 0 Å². The van der Waals surface area contributed by atoms with E-state index < -0.39 is 0 Å². The van der Waals surface area contributed by atoms with E-state index in [1.165, 1.54) is 11.6 Å². The molecule has 1 heterocycles. The fraction of sp³-hybridized carbons (Fsp3) is 0.353. The van der Waals surface area contributed by atoms with Crippen molar-refractivity contribution in [3.8, 4) is 0 Å². The van der Waals surface area contributed by atoms with Gasteiger partial charge in [-0.05, 0) is 42.2 Å². The van der Waals surface area contributed by atoms with Crippen molar-refractivity contribution in [2.75, 3.05) is 13.6 Å². The molecule has 0 spiro atoms. The third kappa shape index (κ3) is 6.80. The molecule has 0 atom stereocenters. The van der Waals surface area contributed by atoms with Crippen molar-refractivity contribution in [2.45, 2.75) is 19.4 Å². The van der Waals surface area contributed by atoms with Gasteiger partial charge >= 0.3 is 0 Å². The SMILES string of the molecule is CN=C(NCCCc1ccc(Br)cc1F)NCc1ccn(C)c1.I. The Balaban J connectivity index is 0.00000288. The highest BCUT2D eigenvalue weighted by atomic mass is 127. The lowest BCUT2D eigenvalue weighted by Crippen LogP contribution is -2.37. The highest BCUT2D eigenvalue weighted by Gasteiger charge is 2.03. The molecule has 1 aromatic carbocycles. The second-order valence-electron chi connectivity index (χ2n) is 5.38. The summed E-state index contributed by atoms with van der Waals surface area (Å²) in [6.45, 7) is 1.46. The van der Waals surface area contributed by atoms with Gasteiger partial charge in [-0.3, -0.25) is 4.99 Å². The molecule has 2 rings (SSSR count). The van der Waals surface area contributed by atoms with Gasteiger partial charge < -0.3 is 15.2 Å². The number of hydrogen-bond donors (Lipinski definition) is 2. The van der Waals surface area contributed by atoms with Crippen LogP contribution in [0.25, 0.3) is 0 Å². The van der Waals surface area contributed by atoms with E-state index in [-0.39, 0.29) is 29.8 Å². The molecule has 0 fully saturated rings. The fourth-order valence-electron chi connectivity index (χ4n) is 2.28. The van der Waals surface area contributed by atoms with Gasteiger partial charge in [0.25, 0.3) is 0 Å². The highest BCUT2D eigenvalue weighted by Crippen LogP contribution is 2.16. The molecule has 1 aromatic heterocycles. The number of aryl methyl sites for hydroxylation is 2. The van der Waals surface area contributed by atoms with Crippen molar-refractivity contribution in [1.82, 2.24) is 15.2 Å². The molecule has 0 bridgehead atoms. The molecule has 0 unspecified atom stereocenters. The summed E-state index contributed by atoms with van der Waals surface area (Å²) in [6, 6.07) is 7.26. The molecular formula is C17H23BrFIN4. The van der Waals surface area contributed by atoms with Gasteiger partial charge in [-0.2, -0.15) is 0 Å².